The standard InChI is InChI=1S/C11H13BrClNO/c1-8-7-9(3-4-10(8)12)11(15)14(2)6-5-13/h3-4,7H,5-6H2,1-2H3. The highest BCUT2D eigenvalue weighted by Gasteiger charge is 2.11. The van der Waals surface area contributed by atoms with Gasteiger partial charge in [0.2, 0.25) is 0 Å². The van der Waals surface area contributed by atoms with Crippen LogP contribution >= 0.6 is 27.5 Å². The third kappa shape index (κ3) is 3.21. The van der Waals surface area contributed by atoms with Crippen molar-refractivity contribution < 1.29 is 4.79 Å². The lowest BCUT2D eigenvalue weighted by molar-refractivity contribution is 0.0803. The quantitative estimate of drug-likeness (QED) is 0.784. The van der Waals surface area contributed by atoms with Crippen LogP contribution in [0.4, 0.5) is 0 Å². The zero-order chi connectivity index (χ0) is 11.4. The van der Waals surface area contributed by atoms with Crippen molar-refractivity contribution in [3.05, 3.63) is 33.8 Å². The summed E-state index contributed by atoms with van der Waals surface area (Å²) in [4.78, 5) is 13.5. The summed E-state index contributed by atoms with van der Waals surface area (Å²) in [5.41, 5.74) is 1.75. The second-order valence-electron chi connectivity index (χ2n) is 3.38. The maximum atomic E-state index is 11.9. The molecule has 82 valence electrons. The average molecular weight is 291 g/mol. The van der Waals surface area contributed by atoms with Crippen LogP contribution < -0.4 is 0 Å². The van der Waals surface area contributed by atoms with E-state index in [2.05, 4.69) is 15.9 Å². The molecular formula is C11H13BrClNO. The third-order valence-electron chi connectivity index (χ3n) is 2.17. The van der Waals surface area contributed by atoms with Crippen LogP contribution in [0.1, 0.15) is 15.9 Å². The van der Waals surface area contributed by atoms with Crippen LogP contribution in [-0.2, 0) is 0 Å². The predicted octanol–water partition coefficient (Wildman–Crippen LogP) is 3.07. The Kier molecular flexibility index (Phi) is 4.61. The van der Waals surface area contributed by atoms with E-state index in [1.54, 1.807) is 11.9 Å². The van der Waals surface area contributed by atoms with E-state index in [-0.39, 0.29) is 5.91 Å². The minimum absolute atomic E-state index is 0.00579. The molecule has 1 rings (SSSR count). The molecule has 0 radical (unpaired) electrons. The van der Waals surface area contributed by atoms with Gasteiger partial charge in [-0.1, -0.05) is 15.9 Å². The summed E-state index contributed by atoms with van der Waals surface area (Å²) < 4.78 is 1.01. The third-order valence-corrected chi connectivity index (χ3v) is 3.23. The molecule has 0 aromatic heterocycles. The second kappa shape index (κ2) is 5.52. The molecule has 0 aliphatic heterocycles. The van der Waals surface area contributed by atoms with Gasteiger partial charge in [0.25, 0.3) is 5.91 Å². The van der Waals surface area contributed by atoms with Crippen LogP contribution in [0.5, 0.6) is 0 Å². The van der Waals surface area contributed by atoms with E-state index < -0.39 is 0 Å². The number of benzene rings is 1. The molecule has 0 saturated carbocycles. The first-order valence-electron chi connectivity index (χ1n) is 4.64. The topological polar surface area (TPSA) is 20.3 Å². The van der Waals surface area contributed by atoms with Gasteiger partial charge in [-0.25, -0.2) is 0 Å². The van der Waals surface area contributed by atoms with E-state index in [1.807, 2.05) is 25.1 Å². The lowest BCUT2D eigenvalue weighted by Gasteiger charge is -2.15. The van der Waals surface area contributed by atoms with Crippen molar-refractivity contribution >= 4 is 33.4 Å². The number of carbonyl (C=O) groups is 1. The summed E-state index contributed by atoms with van der Waals surface area (Å²) in [6.45, 7) is 2.53. The molecule has 2 nitrogen and oxygen atoms in total. The van der Waals surface area contributed by atoms with Crippen molar-refractivity contribution in [2.24, 2.45) is 0 Å². The number of carbonyl (C=O) groups excluding carboxylic acids is 1. The van der Waals surface area contributed by atoms with Crippen LogP contribution in [-0.4, -0.2) is 30.3 Å². The molecule has 0 aliphatic rings. The van der Waals surface area contributed by atoms with Gasteiger partial charge in [0, 0.05) is 29.5 Å². The fraction of sp³-hybridized carbons (Fsp3) is 0.364. The monoisotopic (exact) mass is 289 g/mol. The Balaban J connectivity index is 2.87. The lowest BCUT2D eigenvalue weighted by atomic mass is 10.1. The molecule has 0 N–H and O–H groups in total. The molecule has 0 atom stereocenters. The first-order chi connectivity index (χ1) is 7.06. The Hall–Kier alpha value is -0.540. The summed E-state index contributed by atoms with van der Waals surface area (Å²) in [7, 11) is 1.75. The summed E-state index contributed by atoms with van der Waals surface area (Å²) in [6.07, 6.45) is 0. The van der Waals surface area contributed by atoms with Crippen molar-refractivity contribution in [2.75, 3.05) is 19.5 Å². The van der Waals surface area contributed by atoms with Crippen molar-refractivity contribution in [3.63, 3.8) is 0 Å². The predicted molar refractivity (Wildman–Crippen MR) is 66.6 cm³/mol. The molecule has 0 heterocycles. The van der Waals surface area contributed by atoms with Crippen LogP contribution in [0, 0.1) is 6.92 Å². The van der Waals surface area contributed by atoms with Gasteiger partial charge in [-0.15, -0.1) is 11.6 Å². The summed E-state index contributed by atoms with van der Waals surface area (Å²) in [6, 6.07) is 5.57. The SMILES string of the molecule is Cc1cc(C(=O)N(C)CCCl)ccc1Br. The Morgan fingerprint density at radius 1 is 1.53 bits per heavy atom. The van der Waals surface area contributed by atoms with E-state index >= 15 is 0 Å². The van der Waals surface area contributed by atoms with Gasteiger partial charge >= 0.3 is 0 Å². The summed E-state index contributed by atoms with van der Waals surface area (Å²) in [5, 5.41) is 0. The number of hydrogen-bond acceptors (Lipinski definition) is 1. The molecule has 1 aromatic carbocycles. The Bertz CT molecular complexity index is 368. The fourth-order valence-corrected chi connectivity index (χ4v) is 1.73. The molecular weight excluding hydrogens is 277 g/mol. The summed E-state index contributed by atoms with van der Waals surface area (Å²) in [5.74, 6) is 0.462. The van der Waals surface area contributed by atoms with E-state index in [0.717, 1.165) is 10.0 Å². The fourth-order valence-electron chi connectivity index (χ4n) is 1.23. The Labute approximate surface area is 103 Å². The van der Waals surface area contributed by atoms with Gasteiger partial charge in [0.1, 0.15) is 0 Å². The van der Waals surface area contributed by atoms with Gasteiger partial charge < -0.3 is 4.90 Å². The largest absolute Gasteiger partial charge is 0.341 e. The Morgan fingerprint density at radius 3 is 2.73 bits per heavy atom. The summed E-state index contributed by atoms with van der Waals surface area (Å²) >= 11 is 8.98. The highest BCUT2D eigenvalue weighted by atomic mass is 79.9. The van der Waals surface area contributed by atoms with Crippen molar-refractivity contribution in [3.8, 4) is 0 Å². The average Bonchev–Trinajstić information content (AvgIpc) is 2.21. The van der Waals surface area contributed by atoms with Crippen molar-refractivity contribution in [2.45, 2.75) is 6.92 Å². The number of amides is 1. The molecule has 1 aromatic rings. The van der Waals surface area contributed by atoms with Crippen LogP contribution in [0.3, 0.4) is 0 Å². The number of aryl methyl sites for hydroxylation is 1. The molecule has 0 saturated heterocycles. The molecule has 4 heteroatoms. The Morgan fingerprint density at radius 2 is 2.20 bits per heavy atom. The minimum atomic E-state index is 0.00579. The lowest BCUT2D eigenvalue weighted by Crippen LogP contribution is -2.28. The number of nitrogens with zero attached hydrogens (tertiary/aromatic N) is 1. The maximum Gasteiger partial charge on any atom is 0.253 e. The molecule has 0 spiro atoms. The first-order valence-corrected chi connectivity index (χ1v) is 5.96. The van der Waals surface area contributed by atoms with Crippen LogP contribution in [0.25, 0.3) is 0 Å². The second-order valence-corrected chi connectivity index (χ2v) is 4.61. The van der Waals surface area contributed by atoms with Gasteiger partial charge in [0.15, 0.2) is 0 Å². The number of alkyl halides is 1. The maximum absolute atomic E-state index is 11.9. The smallest absolute Gasteiger partial charge is 0.253 e. The van der Waals surface area contributed by atoms with Gasteiger partial charge in [0.05, 0.1) is 0 Å². The molecule has 0 bridgehead atoms. The molecule has 15 heavy (non-hydrogen) atoms. The molecule has 0 unspecified atom stereocenters. The number of halogens is 2. The van der Waals surface area contributed by atoms with Gasteiger partial charge in [-0.3, -0.25) is 4.79 Å². The molecule has 0 aliphatic carbocycles. The van der Waals surface area contributed by atoms with E-state index in [9.17, 15) is 4.79 Å². The van der Waals surface area contributed by atoms with Crippen molar-refractivity contribution in [1.82, 2.24) is 4.90 Å². The highest BCUT2D eigenvalue weighted by Crippen LogP contribution is 2.17. The number of rotatable bonds is 3. The van der Waals surface area contributed by atoms with E-state index in [1.165, 1.54) is 0 Å². The van der Waals surface area contributed by atoms with E-state index in [0.29, 0.717) is 18.0 Å². The molecule has 0 fully saturated rings. The first kappa shape index (κ1) is 12.5. The zero-order valence-corrected chi connectivity index (χ0v) is 11.1. The highest BCUT2D eigenvalue weighted by molar-refractivity contribution is 9.10. The minimum Gasteiger partial charge on any atom is -0.341 e. The van der Waals surface area contributed by atoms with Gasteiger partial charge in [-0.05, 0) is 30.7 Å². The van der Waals surface area contributed by atoms with Crippen LogP contribution in [0.2, 0.25) is 0 Å². The van der Waals surface area contributed by atoms with Crippen molar-refractivity contribution in [1.29, 1.82) is 0 Å². The van der Waals surface area contributed by atoms with Crippen LogP contribution in [0.15, 0.2) is 22.7 Å². The number of hydrogen-bond donors (Lipinski definition) is 0. The van der Waals surface area contributed by atoms with Gasteiger partial charge in [-0.2, -0.15) is 0 Å². The van der Waals surface area contributed by atoms with E-state index in [4.69, 9.17) is 11.6 Å². The molecule has 1 amide bonds. The zero-order valence-electron chi connectivity index (χ0n) is 8.76. The normalized spacial score (nSPS) is 10.1.